The van der Waals surface area contributed by atoms with Crippen LogP contribution < -0.4 is 10.6 Å². The third-order valence-corrected chi connectivity index (χ3v) is 5.93. The maximum absolute atomic E-state index is 13.6. The molecule has 0 unspecified atom stereocenters. The Labute approximate surface area is 168 Å². The predicted octanol–water partition coefficient (Wildman–Crippen LogP) is 2.91. The van der Waals surface area contributed by atoms with Gasteiger partial charge in [0.2, 0.25) is 0 Å². The highest BCUT2D eigenvalue weighted by Crippen LogP contribution is 2.48. The molecule has 1 heterocycles. The molecule has 1 aromatic rings. The van der Waals surface area contributed by atoms with E-state index in [1.165, 1.54) is 6.07 Å². The zero-order chi connectivity index (χ0) is 19.8. The summed E-state index contributed by atoms with van der Waals surface area (Å²) in [5, 5.41) is 7.00. The highest BCUT2D eigenvalue weighted by molar-refractivity contribution is 5.80. The highest BCUT2D eigenvalue weighted by atomic mass is 19.1. The minimum absolute atomic E-state index is 0.0230. The Kier molecular flexibility index (Phi) is 7.68. The van der Waals surface area contributed by atoms with Gasteiger partial charge in [-0.1, -0.05) is 12.1 Å². The Bertz CT molecular complexity index is 639. The monoisotopic (exact) mass is 390 g/mol. The average molecular weight is 391 g/mol. The van der Waals surface area contributed by atoms with E-state index in [4.69, 9.17) is 9.73 Å². The summed E-state index contributed by atoms with van der Waals surface area (Å²) in [6.45, 7) is 7.83. The number of ether oxygens (including phenoxy) is 1. The molecular formula is C22H35FN4O. The fourth-order valence-corrected chi connectivity index (χ4v) is 3.98. The first kappa shape index (κ1) is 21.1. The van der Waals surface area contributed by atoms with Crippen LogP contribution in [0.15, 0.2) is 29.3 Å². The predicted molar refractivity (Wildman–Crippen MR) is 112 cm³/mol. The van der Waals surface area contributed by atoms with Crippen molar-refractivity contribution in [3.63, 3.8) is 0 Å². The summed E-state index contributed by atoms with van der Waals surface area (Å²) in [5.74, 6) is 0.734. The van der Waals surface area contributed by atoms with Gasteiger partial charge in [0, 0.05) is 51.4 Å². The van der Waals surface area contributed by atoms with Crippen molar-refractivity contribution < 1.29 is 9.13 Å². The maximum Gasteiger partial charge on any atom is 0.191 e. The van der Waals surface area contributed by atoms with Gasteiger partial charge in [0.05, 0.1) is 6.54 Å². The molecule has 0 amide bonds. The van der Waals surface area contributed by atoms with Gasteiger partial charge in [-0.15, -0.1) is 0 Å². The Balaban J connectivity index is 1.51. The van der Waals surface area contributed by atoms with Crippen LogP contribution in [0.3, 0.4) is 0 Å². The summed E-state index contributed by atoms with van der Waals surface area (Å²) < 4.78 is 18.8. The number of nitrogens with zero attached hydrogens (tertiary/aromatic N) is 2. The fraction of sp³-hybridized carbons (Fsp3) is 0.682. The van der Waals surface area contributed by atoms with E-state index in [2.05, 4.69) is 22.5 Å². The third-order valence-electron chi connectivity index (χ3n) is 5.93. The quantitative estimate of drug-likeness (QED) is 0.387. The first-order valence-electron chi connectivity index (χ1n) is 10.7. The number of hydrogen-bond acceptors (Lipinski definition) is 3. The molecule has 2 aliphatic rings. The highest BCUT2D eigenvalue weighted by Gasteiger charge is 2.44. The van der Waals surface area contributed by atoms with E-state index in [0.717, 1.165) is 76.4 Å². The lowest BCUT2D eigenvalue weighted by atomic mass is 9.96. The van der Waals surface area contributed by atoms with E-state index < -0.39 is 0 Å². The molecule has 1 aliphatic carbocycles. The molecule has 0 radical (unpaired) electrons. The van der Waals surface area contributed by atoms with Crippen molar-refractivity contribution in [2.75, 3.05) is 46.4 Å². The molecule has 0 atom stereocenters. The molecule has 2 N–H and O–H groups in total. The van der Waals surface area contributed by atoms with Crippen molar-refractivity contribution in [1.82, 2.24) is 15.5 Å². The Morgan fingerprint density at radius 3 is 2.75 bits per heavy atom. The van der Waals surface area contributed by atoms with Gasteiger partial charge in [-0.3, -0.25) is 4.99 Å². The topological polar surface area (TPSA) is 48.9 Å². The van der Waals surface area contributed by atoms with Crippen molar-refractivity contribution >= 4 is 5.96 Å². The second-order valence-electron chi connectivity index (χ2n) is 8.09. The summed E-state index contributed by atoms with van der Waals surface area (Å²) in [6.07, 6.45) is 5.53. The lowest BCUT2D eigenvalue weighted by Gasteiger charge is -2.33. The van der Waals surface area contributed by atoms with E-state index in [1.54, 1.807) is 19.2 Å². The van der Waals surface area contributed by atoms with Crippen LogP contribution in [0.1, 0.15) is 44.6 Å². The molecule has 2 fully saturated rings. The zero-order valence-electron chi connectivity index (χ0n) is 17.3. The molecule has 1 saturated carbocycles. The van der Waals surface area contributed by atoms with Crippen LogP contribution in [0.5, 0.6) is 0 Å². The van der Waals surface area contributed by atoms with Crippen LogP contribution >= 0.6 is 0 Å². The normalized spacial score (nSPS) is 20.2. The molecular weight excluding hydrogens is 355 g/mol. The van der Waals surface area contributed by atoms with Crippen LogP contribution in [0.25, 0.3) is 0 Å². The summed E-state index contributed by atoms with van der Waals surface area (Å²) in [4.78, 5) is 7.39. The van der Waals surface area contributed by atoms with Crippen LogP contribution in [0, 0.1) is 5.82 Å². The first-order valence-corrected chi connectivity index (χ1v) is 10.7. The van der Waals surface area contributed by atoms with Gasteiger partial charge in [0.15, 0.2) is 5.96 Å². The molecule has 6 heteroatoms. The lowest BCUT2D eigenvalue weighted by molar-refractivity contribution is 0.155. The second-order valence-corrected chi connectivity index (χ2v) is 8.09. The van der Waals surface area contributed by atoms with Gasteiger partial charge < -0.3 is 20.3 Å². The first-order chi connectivity index (χ1) is 13.6. The number of piperidine rings is 1. The number of benzene rings is 1. The number of guanidine groups is 1. The SMILES string of the molecule is CCNC(=NCC1(c2cccc(F)c2)CC1)NC1CCN(CCCOC)CC1. The van der Waals surface area contributed by atoms with Crippen LogP contribution in [0.2, 0.25) is 0 Å². The summed E-state index contributed by atoms with van der Waals surface area (Å²) >= 11 is 0. The molecule has 156 valence electrons. The van der Waals surface area contributed by atoms with Gasteiger partial charge in [0.1, 0.15) is 5.82 Å². The van der Waals surface area contributed by atoms with Crippen molar-refractivity contribution in [2.24, 2.45) is 4.99 Å². The van der Waals surface area contributed by atoms with E-state index in [0.29, 0.717) is 12.6 Å². The number of hydrogen-bond donors (Lipinski definition) is 2. The molecule has 3 rings (SSSR count). The fourth-order valence-electron chi connectivity index (χ4n) is 3.98. The minimum Gasteiger partial charge on any atom is -0.385 e. The standard InChI is InChI=1S/C22H35FN4O/c1-3-24-21(26-20-8-13-27(14-9-20)12-5-15-28-2)25-17-22(10-11-22)18-6-4-7-19(23)16-18/h4,6-7,16,20H,3,5,8-15,17H2,1-2H3,(H2,24,25,26). The third kappa shape index (κ3) is 5.92. The average Bonchev–Trinajstić information content (AvgIpc) is 3.49. The van der Waals surface area contributed by atoms with Crippen molar-refractivity contribution in [3.8, 4) is 0 Å². The number of nitrogens with one attached hydrogen (secondary N) is 2. The van der Waals surface area contributed by atoms with Gasteiger partial charge in [0.25, 0.3) is 0 Å². The lowest BCUT2D eigenvalue weighted by Crippen LogP contribution is -2.49. The molecule has 0 bridgehead atoms. The van der Waals surface area contributed by atoms with Gasteiger partial charge in [-0.2, -0.15) is 0 Å². The van der Waals surface area contributed by atoms with E-state index in [1.807, 2.05) is 6.07 Å². The smallest absolute Gasteiger partial charge is 0.191 e. The number of methoxy groups -OCH3 is 1. The number of rotatable bonds is 9. The van der Waals surface area contributed by atoms with Crippen LogP contribution in [-0.2, 0) is 10.2 Å². The minimum atomic E-state index is -0.157. The van der Waals surface area contributed by atoms with Crippen molar-refractivity contribution in [2.45, 2.75) is 50.5 Å². The zero-order valence-corrected chi connectivity index (χ0v) is 17.3. The van der Waals surface area contributed by atoms with E-state index in [9.17, 15) is 4.39 Å². The molecule has 28 heavy (non-hydrogen) atoms. The molecule has 0 spiro atoms. The Morgan fingerprint density at radius 1 is 1.32 bits per heavy atom. The van der Waals surface area contributed by atoms with Crippen molar-refractivity contribution in [1.29, 1.82) is 0 Å². The summed E-state index contributed by atoms with van der Waals surface area (Å²) in [5.41, 5.74) is 1.10. The van der Waals surface area contributed by atoms with Gasteiger partial charge in [-0.05, 0) is 56.7 Å². The number of aliphatic imine (C=N–C) groups is 1. The second kappa shape index (κ2) is 10.2. The van der Waals surface area contributed by atoms with Crippen LogP contribution in [0.4, 0.5) is 4.39 Å². The van der Waals surface area contributed by atoms with Gasteiger partial charge >= 0.3 is 0 Å². The maximum atomic E-state index is 13.6. The van der Waals surface area contributed by atoms with E-state index >= 15 is 0 Å². The van der Waals surface area contributed by atoms with E-state index in [-0.39, 0.29) is 11.2 Å². The largest absolute Gasteiger partial charge is 0.385 e. The van der Waals surface area contributed by atoms with Crippen LogP contribution in [-0.4, -0.2) is 63.3 Å². The van der Waals surface area contributed by atoms with Gasteiger partial charge in [-0.25, -0.2) is 4.39 Å². The molecule has 1 aliphatic heterocycles. The number of halogens is 1. The Morgan fingerprint density at radius 2 is 2.11 bits per heavy atom. The molecule has 5 nitrogen and oxygen atoms in total. The summed E-state index contributed by atoms with van der Waals surface area (Å²) in [7, 11) is 1.76. The van der Waals surface area contributed by atoms with Crippen molar-refractivity contribution in [3.05, 3.63) is 35.6 Å². The summed E-state index contributed by atoms with van der Waals surface area (Å²) in [6, 6.07) is 7.47. The number of likely N-dealkylation sites (tertiary alicyclic amines) is 1. The molecule has 0 aromatic heterocycles. The molecule has 1 saturated heterocycles. The Hall–Kier alpha value is -1.66. The molecule has 1 aromatic carbocycles.